The van der Waals surface area contributed by atoms with Gasteiger partial charge in [0.2, 0.25) is 0 Å². The lowest BCUT2D eigenvalue weighted by molar-refractivity contribution is 0.101. The summed E-state index contributed by atoms with van der Waals surface area (Å²) in [5, 5.41) is 0.828. The van der Waals surface area contributed by atoms with E-state index in [0.29, 0.717) is 11.3 Å². The minimum atomic E-state index is -0.381. The van der Waals surface area contributed by atoms with E-state index in [1.807, 2.05) is 13.0 Å². The molecule has 0 radical (unpaired) electrons. The Balaban J connectivity index is 2.91. The molecule has 0 spiro atoms. The van der Waals surface area contributed by atoms with Crippen molar-refractivity contribution in [1.29, 1.82) is 0 Å². The Morgan fingerprint density at radius 3 is 2.65 bits per heavy atom. The molecule has 88 valence electrons. The molecule has 0 bridgehead atoms. The summed E-state index contributed by atoms with van der Waals surface area (Å²) in [6.45, 7) is 3.30. The quantitative estimate of drug-likeness (QED) is 0.805. The van der Waals surface area contributed by atoms with Gasteiger partial charge in [-0.25, -0.2) is 0 Å². The van der Waals surface area contributed by atoms with E-state index in [9.17, 15) is 9.59 Å². The molecule has 0 atom stereocenters. The molecule has 2 aromatic rings. The van der Waals surface area contributed by atoms with E-state index < -0.39 is 0 Å². The van der Waals surface area contributed by atoms with Gasteiger partial charge in [-0.15, -0.1) is 0 Å². The highest BCUT2D eigenvalue weighted by Gasteiger charge is 2.11. The molecule has 0 aliphatic rings. The number of ether oxygens (including phenoxy) is 1. The van der Waals surface area contributed by atoms with E-state index in [-0.39, 0.29) is 16.9 Å². The number of benzene rings is 1. The van der Waals surface area contributed by atoms with Gasteiger partial charge in [0, 0.05) is 5.39 Å². The van der Waals surface area contributed by atoms with Crippen LogP contribution in [0, 0.1) is 6.92 Å². The van der Waals surface area contributed by atoms with Crippen LogP contribution in [0.1, 0.15) is 22.8 Å². The Bertz CT molecular complexity index is 655. The number of pyridine rings is 1. The van der Waals surface area contributed by atoms with E-state index in [0.717, 1.165) is 10.9 Å². The van der Waals surface area contributed by atoms with Crippen molar-refractivity contribution in [3.05, 3.63) is 39.7 Å². The van der Waals surface area contributed by atoms with Gasteiger partial charge in [0.15, 0.2) is 5.78 Å². The Morgan fingerprint density at radius 1 is 1.35 bits per heavy atom. The number of hydrogen-bond donors (Lipinski definition) is 1. The van der Waals surface area contributed by atoms with Gasteiger partial charge in [0.05, 0.1) is 18.2 Å². The van der Waals surface area contributed by atoms with Crippen LogP contribution in [0.4, 0.5) is 0 Å². The maximum Gasteiger partial charge on any atom is 0.259 e. The summed E-state index contributed by atoms with van der Waals surface area (Å²) in [4.78, 5) is 25.7. The number of fused-ring (bicyclic) bond motifs is 1. The summed E-state index contributed by atoms with van der Waals surface area (Å²) in [6, 6.07) is 5.30. The predicted octanol–water partition coefficient (Wildman–Crippen LogP) is 2.05. The Kier molecular flexibility index (Phi) is 2.71. The number of carbonyl (C=O) groups excluding carboxylic acids is 1. The number of aryl methyl sites for hydroxylation is 1. The third-order valence-electron chi connectivity index (χ3n) is 2.80. The topological polar surface area (TPSA) is 59.2 Å². The van der Waals surface area contributed by atoms with Gasteiger partial charge in [-0.2, -0.15) is 0 Å². The first kappa shape index (κ1) is 11.4. The Hall–Kier alpha value is -2.10. The number of Topliss-reactive ketones (excluding diaryl/α,β-unsaturated/α-hetero) is 1. The van der Waals surface area contributed by atoms with Crippen molar-refractivity contribution in [2.24, 2.45) is 0 Å². The molecule has 0 saturated heterocycles. The van der Waals surface area contributed by atoms with Crippen molar-refractivity contribution < 1.29 is 9.53 Å². The number of carbonyl (C=O) groups is 1. The van der Waals surface area contributed by atoms with Gasteiger partial charge in [0.25, 0.3) is 5.56 Å². The summed E-state index contributed by atoms with van der Waals surface area (Å²) < 4.78 is 5.18. The zero-order chi connectivity index (χ0) is 12.6. The molecule has 2 rings (SSSR count). The van der Waals surface area contributed by atoms with Crippen LogP contribution in [0.2, 0.25) is 0 Å². The number of ketones is 1. The highest BCUT2D eigenvalue weighted by atomic mass is 16.5. The molecule has 0 aliphatic heterocycles. The molecule has 1 aromatic carbocycles. The second kappa shape index (κ2) is 4.05. The molecule has 0 saturated carbocycles. The lowest BCUT2D eigenvalue weighted by atomic mass is 10.1. The molecule has 17 heavy (non-hydrogen) atoms. The number of aromatic nitrogens is 1. The van der Waals surface area contributed by atoms with Crippen LogP contribution in [-0.2, 0) is 0 Å². The molecule has 0 unspecified atom stereocenters. The molecule has 1 aromatic heterocycles. The van der Waals surface area contributed by atoms with Crippen LogP contribution in [0.3, 0.4) is 0 Å². The molecule has 4 nitrogen and oxygen atoms in total. The maximum atomic E-state index is 11.7. The molecule has 0 fully saturated rings. The predicted molar refractivity (Wildman–Crippen MR) is 65.9 cm³/mol. The van der Waals surface area contributed by atoms with E-state index >= 15 is 0 Å². The lowest BCUT2D eigenvalue weighted by Crippen LogP contribution is -2.16. The summed E-state index contributed by atoms with van der Waals surface area (Å²) in [5.41, 5.74) is 1.41. The van der Waals surface area contributed by atoms with Crippen molar-refractivity contribution in [2.75, 3.05) is 7.11 Å². The molecule has 0 aliphatic carbocycles. The summed E-state index contributed by atoms with van der Waals surface area (Å²) in [5.74, 6) is 0.355. The zero-order valence-electron chi connectivity index (χ0n) is 9.96. The largest absolute Gasteiger partial charge is 0.495 e. The number of nitrogens with one attached hydrogen (secondary N) is 1. The fourth-order valence-corrected chi connectivity index (χ4v) is 1.84. The fraction of sp³-hybridized carbons (Fsp3) is 0.231. The zero-order valence-corrected chi connectivity index (χ0v) is 9.96. The average molecular weight is 231 g/mol. The second-order valence-corrected chi connectivity index (χ2v) is 3.94. The molecular weight excluding hydrogens is 218 g/mol. The van der Waals surface area contributed by atoms with Crippen molar-refractivity contribution in [1.82, 2.24) is 4.98 Å². The summed E-state index contributed by atoms with van der Waals surface area (Å²) >= 11 is 0. The molecule has 1 N–H and O–H groups in total. The smallest absolute Gasteiger partial charge is 0.259 e. The SMILES string of the molecule is COc1ccc(C)c2cc(C(C)=O)c(=O)[nH]c12. The van der Waals surface area contributed by atoms with Crippen molar-refractivity contribution >= 4 is 16.7 Å². The number of aromatic amines is 1. The van der Waals surface area contributed by atoms with Crippen LogP contribution in [0.25, 0.3) is 10.9 Å². The van der Waals surface area contributed by atoms with Gasteiger partial charge in [-0.05, 0) is 31.5 Å². The van der Waals surface area contributed by atoms with Crippen LogP contribution < -0.4 is 10.3 Å². The third kappa shape index (κ3) is 1.82. The Labute approximate surface area is 98.2 Å². The van der Waals surface area contributed by atoms with Crippen LogP contribution in [-0.4, -0.2) is 17.9 Å². The van der Waals surface area contributed by atoms with Gasteiger partial charge < -0.3 is 9.72 Å². The van der Waals surface area contributed by atoms with Gasteiger partial charge in [0.1, 0.15) is 5.75 Å². The van der Waals surface area contributed by atoms with Gasteiger partial charge >= 0.3 is 0 Å². The highest BCUT2D eigenvalue weighted by molar-refractivity contribution is 5.98. The summed E-state index contributed by atoms with van der Waals surface area (Å²) in [7, 11) is 1.54. The van der Waals surface area contributed by atoms with Crippen molar-refractivity contribution in [3.8, 4) is 5.75 Å². The average Bonchev–Trinajstić information content (AvgIpc) is 2.28. The molecule has 0 amide bonds. The standard InChI is InChI=1S/C13H13NO3/c1-7-4-5-11(17-3)12-9(7)6-10(8(2)15)13(16)14-12/h4-6H,1-3H3,(H,14,16). The third-order valence-corrected chi connectivity index (χ3v) is 2.80. The molecule has 4 heteroatoms. The number of methoxy groups -OCH3 is 1. The van der Waals surface area contributed by atoms with Crippen molar-refractivity contribution in [3.63, 3.8) is 0 Å². The normalized spacial score (nSPS) is 10.5. The Morgan fingerprint density at radius 2 is 2.06 bits per heavy atom. The van der Waals surface area contributed by atoms with E-state index in [4.69, 9.17) is 4.74 Å². The van der Waals surface area contributed by atoms with Gasteiger partial charge in [-0.3, -0.25) is 9.59 Å². The lowest BCUT2D eigenvalue weighted by Gasteiger charge is -2.08. The maximum absolute atomic E-state index is 11.7. The first-order chi connectivity index (χ1) is 8.04. The fourth-order valence-electron chi connectivity index (χ4n) is 1.84. The minimum Gasteiger partial charge on any atom is -0.495 e. The van der Waals surface area contributed by atoms with E-state index in [1.165, 1.54) is 6.92 Å². The number of rotatable bonds is 2. The van der Waals surface area contributed by atoms with Crippen LogP contribution in [0.5, 0.6) is 5.75 Å². The number of H-pyrrole nitrogens is 1. The molecular formula is C13H13NO3. The first-order valence-corrected chi connectivity index (χ1v) is 5.26. The van der Waals surface area contributed by atoms with Gasteiger partial charge in [-0.1, -0.05) is 6.07 Å². The van der Waals surface area contributed by atoms with E-state index in [2.05, 4.69) is 4.98 Å². The van der Waals surface area contributed by atoms with Crippen LogP contribution in [0.15, 0.2) is 23.0 Å². The monoisotopic (exact) mass is 231 g/mol. The summed E-state index contributed by atoms with van der Waals surface area (Å²) in [6.07, 6.45) is 0. The van der Waals surface area contributed by atoms with E-state index in [1.54, 1.807) is 19.2 Å². The minimum absolute atomic E-state index is 0.175. The van der Waals surface area contributed by atoms with Crippen molar-refractivity contribution in [2.45, 2.75) is 13.8 Å². The number of hydrogen-bond acceptors (Lipinski definition) is 3. The van der Waals surface area contributed by atoms with Crippen LogP contribution >= 0.6 is 0 Å². The second-order valence-electron chi connectivity index (χ2n) is 3.94. The highest BCUT2D eigenvalue weighted by Crippen LogP contribution is 2.25. The first-order valence-electron chi connectivity index (χ1n) is 5.26. The molecule has 1 heterocycles.